The van der Waals surface area contributed by atoms with Crippen LogP contribution in [0.5, 0.6) is 11.5 Å². The van der Waals surface area contributed by atoms with Gasteiger partial charge in [-0.05, 0) is 72.7 Å². The molecule has 1 unspecified atom stereocenters. The lowest BCUT2D eigenvalue weighted by molar-refractivity contribution is -0.137. The molecule has 4 N–H and O–H groups in total. The Labute approximate surface area is 279 Å². The number of ether oxygens (including phenoxy) is 1. The standard InChI is InChI=1S/C34H32ClF3N6O4/c1-2-3-6-25(42-31(45)14-7-22-5-4-16-39-20-22)21-41-32(46)30-19-27(15-17-40-30)48-26-11-8-23(9-12-26)43-33(47)44-24-10-13-29(35)28(18-24)34(36,37)38/h4-5,7-20,25H,2-3,6,21H2,1H3,(H,41,46)(H,42,45)(H2,43,44,47). The van der Waals surface area contributed by atoms with E-state index in [9.17, 15) is 27.6 Å². The molecule has 0 aliphatic rings. The first kappa shape index (κ1) is 35.4. The lowest BCUT2D eigenvalue weighted by atomic mass is 10.1. The first-order chi connectivity index (χ1) is 23.0. The summed E-state index contributed by atoms with van der Waals surface area (Å²) < 4.78 is 45.2. The van der Waals surface area contributed by atoms with Gasteiger partial charge in [-0.25, -0.2) is 4.79 Å². The van der Waals surface area contributed by atoms with Crippen LogP contribution in [0.25, 0.3) is 6.08 Å². The predicted octanol–water partition coefficient (Wildman–Crippen LogP) is 7.70. The lowest BCUT2D eigenvalue weighted by Crippen LogP contribution is -2.43. The topological polar surface area (TPSA) is 134 Å². The minimum atomic E-state index is -4.67. The fraction of sp³-hybridized carbons (Fsp3) is 0.206. The minimum absolute atomic E-state index is 0.0862. The largest absolute Gasteiger partial charge is 0.457 e. The number of carbonyl (C=O) groups is 3. The van der Waals surface area contributed by atoms with Gasteiger partial charge in [0.1, 0.15) is 17.2 Å². The average Bonchev–Trinajstić information content (AvgIpc) is 3.06. The molecule has 0 saturated carbocycles. The maximum atomic E-state index is 13.1. The zero-order valence-corrected chi connectivity index (χ0v) is 26.4. The van der Waals surface area contributed by atoms with Crippen LogP contribution in [0.1, 0.15) is 47.8 Å². The van der Waals surface area contributed by atoms with Gasteiger partial charge in [0.2, 0.25) is 5.91 Å². The van der Waals surface area contributed by atoms with E-state index in [-0.39, 0.29) is 29.9 Å². The van der Waals surface area contributed by atoms with Crippen LogP contribution in [-0.2, 0) is 11.0 Å². The maximum absolute atomic E-state index is 13.1. The molecule has 250 valence electrons. The Morgan fingerprint density at radius 2 is 1.71 bits per heavy atom. The molecule has 0 aliphatic carbocycles. The van der Waals surface area contributed by atoms with Crippen molar-refractivity contribution in [3.8, 4) is 11.5 Å². The Bertz CT molecular complexity index is 1740. The summed E-state index contributed by atoms with van der Waals surface area (Å²) in [5.74, 6) is -0.0257. The van der Waals surface area contributed by atoms with Gasteiger partial charge in [0.05, 0.1) is 10.6 Å². The molecule has 2 aromatic heterocycles. The fourth-order valence-electron chi connectivity index (χ4n) is 4.33. The third-order valence-corrected chi connectivity index (χ3v) is 7.04. The van der Waals surface area contributed by atoms with E-state index in [0.29, 0.717) is 23.6 Å². The van der Waals surface area contributed by atoms with Crippen LogP contribution < -0.4 is 26.0 Å². The van der Waals surface area contributed by atoms with Crippen LogP contribution in [0, 0.1) is 0 Å². The van der Waals surface area contributed by atoms with E-state index < -0.39 is 28.7 Å². The van der Waals surface area contributed by atoms with E-state index in [1.807, 2.05) is 13.0 Å². The van der Waals surface area contributed by atoms with Crippen LogP contribution in [0.15, 0.2) is 91.4 Å². The highest BCUT2D eigenvalue weighted by Gasteiger charge is 2.33. The molecule has 0 fully saturated rings. The van der Waals surface area contributed by atoms with Crippen molar-refractivity contribution >= 4 is 46.9 Å². The van der Waals surface area contributed by atoms with Crippen molar-refractivity contribution in [2.75, 3.05) is 17.2 Å². The molecule has 2 aromatic carbocycles. The van der Waals surface area contributed by atoms with Crippen molar-refractivity contribution in [3.63, 3.8) is 0 Å². The Hall–Kier alpha value is -5.43. The zero-order valence-electron chi connectivity index (χ0n) is 25.7. The first-order valence-electron chi connectivity index (χ1n) is 14.9. The van der Waals surface area contributed by atoms with E-state index >= 15 is 0 Å². The number of anilines is 2. The maximum Gasteiger partial charge on any atom is 0.417 e. The monoisotopic (exact) mass is 680 g/mol. The van der Waals surface area contributed by atoms with Crippen LogP contribution in [0.4, 0.5) is 29.3 Å². The molecule has 4 aromatic rings. The van der Waals surface area contributed by atoms with Gasteiger partial charge in [-0.2, -0.15) is 13.2 Å². The summed E-state index contributed by atoms with van der Waals surface area (Å²) >= 11 is 5.62. The van der Waals surface area contributed by atoms with Gasteiger partial charge >= 0.3 is 12.2 Å². The zero-order chi connectivity index (χ0) is 34.5. The SMILES string of the molecule is CCCCC(CNC(=O)c1cc(Oc2ccc(NC(=O)Nc3ccc(Cl)c(C(F)(F)F)c3)cc2)ccn1)NC(=O)C=Cc1cccnc1. The van der Waals surface area contributed by atoms with E-state index in [1.54, 1.807) is 42.7 Å². The smallest absolute Gasteiger partial charge is 0.417 e. The summed E-state index contributed by atoms with van der Waals surface area (Å²) in [5.41, 5.74) is 0.0910. The number of rotatable bonds is 13. The number of amides is 4. The predicted molar refractivity (Wildman–Crippen MR) is 177 cm³/mol. The second-order valence-electron chi connectivity index (χ2n) is 10.5. The highest BCUT2D eigenvalue weighted by Crippen LogP contribution is 2.36. The lowest BCUT2D eigenvalue weighted by Gasteiger charge is -2.18. The summed E-state index contributed by atoms with van der Waals surface area (Å²) in [4.78, 5) is 45.9. The number of unbranched alkanes of at least 4 members (excludes halogenated alkanes) is 1. The van der Waals surface area contributed by atoms with Crippen LogP contribution >= 0.6 is 11.6 Å². The Morgan fingerprint density at radius 3 is 2.42 bits per heavy atom. The molecule has 0 saturated heterocycles. The number of hydrogen-bond donors (Lipinski definition) is 4. The van der Waals surface area contributed by atoms with Crippen molar-refractivity contribution < 1.29 is 32.3 Å². The van der Waals surface area contributed by atoms with E-state index in [1.165, 1.54) is 36.5 Å². The van der Waals surface area contributed by atoms with Crippen molar-refractivity contribution in [2.24, 2.45) is 0 Å². The molecule has 14 heteroatoms. The van der Waals surface area contributed by atoms with Gasteiger partial charge < -0.3 is 26.0 Å². The summed E-state index contributed by atoms with van der Waals surface area (Å²) in [6, 6.07) is 14.8. The van der Waals surface area contributed by atoms with E-state index in [4.69, 9.17) is 16.3 Å². The molecule has 0 radical (unpaired) electrons. The molecule has 10 nitrogen and oxygen atoms in total. The summed E-state index contributed by atoms with van der Waals surface area (Å²) in [6.07, 6.45) is 5.58. The Morgan fingerprint density at radius 1 is 0.958 bits per heavy atom. The number of pyridine rings is 2. The second-order valence-corrected chi connectivity index (χ2v) is 10.9. The van der Waals surface area contributed by atoms with Gasteiger partial charge in [-0.15, -0.1) is 0 Å². The third-order valence-electron chi connectivity index (χ3n) is 6.71. The number of alkyl halides is 3. The molecule has 1 atom stereocenters. The number of urea groups is 1. The number of hydrogen-bond acceptors (Lipinski definition) is 6. The molecule has 4 rings (SSSR count). The first-order valence-corrected chi connectivity index (χ1v) is 15.2. The second kappa shape index (κ2) is 16.9. The van der Waals surface area contributed by atoms with Crippen molar-refractivity contribution in [3.05, 3.63) is 113 Å². The summed E-state index contributed by atoms with van der Waals surface area (Å²) in [6.45, 7) is 2.24. The van der Waals surface area contributed by atoms with Crippen LogP contribution in [-0.4, -0.2) is 40.4 Å². The normalized spacial score (nSPS) is 11.9. The van der Waals surface area contributed by atoms with Crippen LogP contribution in [0.2, 0.25) is 5.02 Å². The van der Waals surface area contributed by atoms with Gasteiger partial charge in [0, 0.05) is 54.7 Å². The molecule has 0 spiro atoms. The summed E-state index contributed by atoms with van der Waals surface area (Å²) in [7, 11) is 0. The molecule has 0 bridgehead atoms. The van der Waals surface area contributed by atoms with Crippen molar-refractivity contribution in [2.45, 2.75) is 38.4 Å². The van der Waals surface area contributed by atoms with Gasteiger partial charge in [0.25, 0.3) is 5.91 Å². The third kappa shape index (κ3) is 11.1. The summed E-state index contributed by atoms with van der Waals surface area (Å²) in [5, 5.41) is 10.1. The molecular weight excluding hydrogens is 649 g/mol. The molecule has 48 heavy (non-hydrogen) atoms. The van der Waals surface area contributed by atoms with Gasteiger partial charge in [0.15, 0.2) is 0 Å². The molecular formula is C34H32ClF3N6O4. The van der Waals surface area contributed by atoms with E-state index in [0.717, 1.165) is 30.5 Å². The highest BCUT2D eigenvalue weighted by atomic mass is 35.5. The van der Waals surface area contributed by atoms with Crippen molar-refractivity contribution in [1.82, 2.24) is 20.6 Å². The highest BCUT2D eigenvalue weighted by molar-refractivity contribution is 6.31. The minimum Gasteiger partial charge on any atom is -0.457 e. The van der Waals surface area contributed by atoms with Crippen molar-refractivity contribution in [1.29, 1.82) is 0 Å². The number of aromatic nitrogens is 2. The fourth-order valence-corrected chi connectivity index (χ4v) is 4.56. The number of nitrogens with zero attached hydrogens (tertiary/aromatic N) is 2. The number of halogens is 4. The van der Waals surface area contributed by atoms with E-state index in [2.05, 4.69) is 31.2 Å². The number of carbonyl (C=O) groups excluding carboxylic acids is 3. The molecule has 4 amide bonds. The molecule has 0 aliphatic heterocycles. The Balaban J connectivity index is 1.29. The Kier molecular flexibility index (Phi) is 12.5. The number of benzene rings is 2. The quantitative estimate of drug-likeness (QED) is 0.107. The van der Waals surface area contributed by atoms with Gasteiger partial charge in [-0.1, -0.05) is 37.4 Å². The number of nitrogens with one attached hydrogen (secondary N) is 4. The molecule has 2 heterocycles. The van der Waals surface area contributed by atoms with Gasteiger partial charge in [-0.3, -0.25) is 19.6 Å². The van der Waals surface area contributed by atoms with Crippen LogP contribution in [0.3, 0.4) is 0 Å². The average molecular weight is 681 g/mol.